The molecule has 6 nitrogen and oxygen atoms in total. The molecule has 0 bridgehead atoms. The Labute approximate surface area is 118 Å². The number of carbonyl (C=O) groups excluding carboxylic acids is 2. The molecule has 0 aliphatic carbocycles. The van der Waals surface area contributed by atoms with Gasteiger partial charge in [0.25, 0.3) is 5.91 Å². The second-order valence-electron chi connectivity index (χ2n) is 6.08. The van der Waals surface area contributed by atoms with Crippen LogP contribution in [0, 0.1) is 5.92 Å². The molecule has 1 aliphatic heterocycles. The van der Waals surface area contributed by atoms with E-state index in [-0.39, 0.29) is 23.3 Å². The van der Waals surface area contributed by atoms with E-state index in [0.29, 0.717) is 25.1 Å². The average Bonchev–Trinajstić information content (AvgIpc) is 2.78. The molecule has 0 radical (unpaired) electrons. The lowest BCUT2D eigenvalue weighted by Crippen LogP contribution is -2.42. The van der Waals surface area contributed by atoms with Crippen LogP contribution in [0.2, 0.25) is 0 Å². The van der Waals surface area contributed by atoms with E-state index in [9.17, 15) is 9.59 Å². The Morgan fingerprint density at radius 1 is 1.40 bits per heavy atom. The zero-order valence-electron chi connectivity index (χ0n) is 12.1. The summed E-state index contributed by atoms with van der Waals surface area (Å²) in [6, 6.07) is 0. The van der Waals surface area contributed by atoms with Crippen molar-refractivity contribution in [3.8, 4) is 0 Å². The van der Waals surface area contributed by atoms with Gasteiger partial charge in [-0.2, -0.15) is 0 Å². The Balaban J connectivity index is 1.87. The molecule has 1 N–H and O–H groups in total. The normalized spacial score (nSPS) is 19.2. The largest absolute Gasteiger partial charge is 0.352 e. The molecule has 1 atom stereocenters. The number of carbonyl (C=O) groups is 2. The summed E-state index contributed by atoms with van der Waals surface area (Å²) in [7, 11) is 0. The quantitative estimate of drug-likeness (QED) is 0.888. The first kappa shape index (κ1) is 14.4. The van der Waals surface area contributed by atoms with E-state index in [4.69, 9.17) is 0 Å². The van der Waals surface area contributed by atoms with Crippen LogP contribution in [0.15, 0.2) is 18.7 Å². The summed E-state index contributed by atoms with van der Waals surface area (Å²) in [4.78, 5) is 33.3. The van der Waals surface area contributed by atoms with Crippen LogP contribution >= 0.6 is 0 Å². The Hall–Kier alpha value is -1.98. The molecule has 108 valence electrons. The smallest absolute Gasteiger partial charge is 0.254 e. The van der Waals surface area contributed by atoms with Crippen LogP contribution in [0.1, 0.15) is 37.6 Å². The van der Waals surface area contributed by atoms with E-state index in [1.807, 2.05) is 25.7 Å². The van der Waals surface area contributed by atoms with Crippen molar-refractivity contribution in [1.82, 2.24) is 20.2 Å². The molecule has 1 fully saturated rings. The molecular formula is C14H20N4O2. The minimum atomic E-state index is -0.202. The molecule has 0 saturated carbocycles. The molecule has 0 aromatic carbocycles. The lowest BCUT2D eigenvalue weighted by atomic mass is 10.1. The third-order valence-electron chi connectivity index (χ3n) is 3.39. The van der Waals surface area contributed by atoms with Crippen LogP contribution < -0.4 is 5.32 Å². The van der Waals surface area contributed by atoms with Gasteiger partial charge in [0.1, 0.15) is 6.33 Å². The Bertz CT molecular complexity index is 496. The summed E-state index contributed by atoms with van der Waals surface area (Å²) in [5.74, 6) is 0.113. The fourth-order valence-corrected chi connectivity index (χ4v) is 2.32. The summed E-state index contributed by atoms with van der Waals surface area (Å²) in [6.45, 7) is 7.24. The van der Waals surface area contributed by atoms with Gasteiger partial charge in [-0.05, 0) is 20.8 Å². The average molecular weight is 276 g/mol. The van der Waals surface area contributed by atoms with Gasteiger partial charge in [0, 0.05) is 43.4 Å². The number of nitrogens with one attached hydrogen (secondary N) is 1. The van der Waals surface area contributed by atoms with Gasteiger partial charge in [-0.25, -0.2) is 9.97 Å². The van der Waals surface area contributed by atoms with Crippen LogP contribution in [0.4, 0.5) is 0 Å². The second-order valence-corrected chi connectivity index (χ2v) is 6.08. The number of aromatic nitrogens is 2. The molecule has 0 unspecified atom stereocenters. The molecule has 20 heavy (non-hydrogen) atoms. The van der Waals surface area contributed by atoms with Crippen molar-refractivity contribution in [3.05, 3.63) is 24.3 Å². The van der Waals surface area contributed by atoms with E-state index >= 15 is 0 Å². The maximum Gasteiger partial charge on any atom is 0.254 e. The van der Waals surface area contributed by atoms with Gasteiger partial charge < -0.3 is 10.2 Å². The third-order valence-corrected chi connectivity index (χ3v) is 3.39. The minimum Gasteiger partial charge on any atom is -0.352 e. The van der Waals surface area contributed by atoms with E-state index in [1.165, 1.54) is 18.7 Å². The van der Waals surface area contributed by atoms with Crippen LogP contribution in [-0.4, -0.2) is 45.3 Å². The molecule has 0 spiro atoms. The van der Waals surface area contributed by atoms with Crippen molar-refractivity contribution < 1.29 is 9.59 Å². The molecule has 2 heterocycles. The van der Waals surface area contributed by atoms with Crippen molar-refractivity contribution in [2.24, 2.45) is 5.92 Å². The number of nitrogens with zero attached hydrogens (tertiary/aromatic N) is 3. The van der Waals surface area contributed by atoms with E-state index in [0.717, 1.165) is 0 Å². The lowest BCUT2D eigenvalue weighted by molar-refractivity contribution is -0.131. The summed E-state index contributed by atoms with van der Waals surface area (Å²) < 4.78 is 0. The van der Waals surface area contributed by atoms with Gasteiger partial charge in [-0.15, -0.1) is 0 Å². The van der Waals surface area contributed by atoms with Crippen molar-refractivity contribution in [2.45, 2.75) is 32.7 Å². The highest BCUT2D eigenvalue weighted by Gasteiger charge is 2.36. The first-order valence-electron chi connectivity index (χ1n) is 6.71. The maximum absolute atomic E-state index is 11.9. The van der Waals surface area contributed by atoms with Crippen LogP contribution in [0.3, 0.4) is 0 Å². The number of amides is 2. The first-order chi connectivity index (χ1) is 9.38. The number of likely N-dealkylation sites (tertiary alicyclic amines) is 1. The summed E-state index contributed by atoms with van der Waals surface area (Å²) in [6.07, 6.45) is 4.82. The molecule has 2 rings (SSSR count). The molecule has 1 saturated heterocycles. The van der Waals surface area contributed by atoms with Gasteiger partial charge in [-0.3, -0.25) is 9.59 Å². The van der Waals surface area contributed by atoms with E-state index < -0.39 is 0 Å². The molecule has 2 amide bonds. The monoisotopic (exact) mass is 276 g/mol. The van der Waals surface area contributed by atoms with Crippen molar-refractivity contribution in [2.75, 3.05) is 13.1 Å². The van der Waals surface area contributed by atoms with Crippen LogP contribution in [0.5, 0.6) is 0 Å². The molecule has 1 aliphatic rings. The van der Waals surface area contributed by atoms with Gasteiger partial charge in [0.2, 0.25) is 5.91 Å². The number of hydrogen-bond donors (Lipinski definition) is 1. The summed E-state index contributed by atoms with van der Waals surface area (Å²) in [5.41, 5.74) is 0.271. The highest BCUT2D eigenvalue weighted by Crippen LogP contribution is 2.25. The number of rotatable bonds is 3. The highest BCUT2D eigenvalue weighted by molar-refractivity contribution is 5.93. The lowest BCUT2D eigenvalue weighted by Gasteiger charge is -2.32. The topological polar surface area (TPSA) is 75.2 Å². The molecular weight excluding hydrogens is 256 g/mol. The Kier molecular flexibility index (Phi) is 4.01. The van der Waals surface area contributed by atoms with E-state index in [1.54, 1.807) is 0 Å². The zero-order valence-corrected chi connectivity index (χ0v) is 12.1. The second kappa shape index (κ2) is 5.56. The maximum atomic E-state index is 11.9. The summed E-state index contributed by atoms with van der Waals surface area (Å²) >= 11 is 0. The number of hydrogen-bond acceptors (Lipinski definition) is 4. The fourth-order valence-electron chi connectivity index (χ4n) is 2.32. The third kappa shape index (κ3) is 3.31. The highest BCUT2D eigenvalue weighted by atomic mass is 16.2. The predicted octanol–water partition coefficient (Wildman–Crippen LogP) is 0.853. The molecule has 1 aromatic rings. The van der Waals surface area contributed by atoms with Crippen LogP contribution in [-0.2, 0) is 4.79 Å². The van der Waals surface area contributed by atoms with Gasteiger partial charge >= 0.3 is 0 Å². The van der Waals surface area contributed by atoms with Crippen molar-refractivity contribution in [1.29, 1.82) is 0 Å². The van der Waals surface area contributed by atoms with Gasteiger partial charge in [-0.1, -0.05) is 0 Å². The Morgan fingerprint density at radius 3 is 2.60 bits per heavy atom. The fraction of sp³-hybridized carbons (Fsp3) is 0.571. The van der Waals surface area contributed by atoms with Crippen LogP contribution in [0.25, 0.3) is 0 Å². The first-order valence-corrected chi connectivity index (χ1v) is 6.71. The van der Waals surface area contributed by atoms with Crippen molar-refractivity contribution in [3.63, 3.8) is 0 Å². The molecule has 6 heteroatoms. The predicted molar refractivity (Wildman–Crippen MR) is 73.9 cm³/mol. The zero-order chi connectivity index (χ0) is 14.8. The SMILES string of the molecule is CC(C)(C)N1C[C@H](CNC(=O)c2cncnc2)CC1=O. The van der Waals surface area contributed by atoms with Gasteiger partial charge in [0.05, 0.1) is 5.56 Å². The minimum absolute atomic E-state index is 0.153. The van der Waals surface area contributed by atoms with Gasteiger partial charge in [0.15, 0.2) is 0 Å². The van der Waals surface area contributed by atoms with E-state index in [2.05, 4.69) is 15.3 Å². The van der Waals surface area contributed by atoms with Crippen molar-refractivity contribution >= 4 is 11.8 Å². The molecule has 1 aromatic heterocycles. The standard InChI is InChI=1S/C14H20N4O2/c1-14(2,3)18-8-10(4-12(18)19)5-17-13(20)11-6-15-9-16-7-11/h6-7,9-10H,4-5,8H2,1-3H3,(H,17,20)/t10-/m0/s1. The Morgan fingerprint density at radius 2 is 2.05 bits per heavy atom. The summed E-state index contributed by atoms with van der Waals surface area (Å²) in [5, 5.41) is 2.84.